The number of carbonyl (C=O) groups is 1. The number of aryl methyl sites for hydroxylation is 2. The Morgan fingerprint density at radius 2 is 1.58 bits per heavy atom. The molecule has 0 aliphatic rings. The highest BCUT2D eigenvalue weighted by Crippen LogP contribution is 2.21. The van der Waals surface area contributed by atoms with Crippen molar-refractivity contribution in [2.75, 3.05) is 5.32 Å². The van der Waals surface area contributed by atoms with Crippen LogP contribution in [0.3, 0.4) is 0 Å². The standard InChI is InChI=1S/C18H18N4O4/c1-20-15-13(17(25)22(3)18(26)21(15)2)14(12(10-23)16(20)24)19-9-11-7-5-4-6-8-11/h4-8,10,19H,9H2,1-3H3. The van der Waals surface area contributed by atoms with Gasteiger partial charge in [-0.2, -0.15) is 0 Å². The average Bonchev–Trinajstić information content (AvgIpc) is 2.65. The minimum atomic E-state index is -0.577. The van der Waals surface area contributed by atoms with Gasteiger partial charge in [0.1, 0.15) is 16.6 Å². The predicted molar refractivity (Wildman–Crippen MR) is 98.8 cm³/mol. The van der Waals surface area contributed by atoms with Gasteiger partial charge >= 0.3 is 5.69 Å². The maximum atomic E-state index is 12.7. The van der Waals surface area contributed by atoms with Crippen LogP contribution in [0.25, 0.3) is 11.0 Å². The zero-order chi connectivity index (χ0) is 19.0. The van der Waals surface area contributed by atoms with Crippen molar-refractivity contribution in [1.29, 1.82) is 0 Å². The first-order chi connectivity index (χ1) is 12.4. The van der Waals surface area contributed by atoms with E-state index >= 15 is 0 Å². The highest BCUT2D eigenvalue weighted by atomic mass is 16.2. The molecule has 8 heteroatoms. The summed E-state index contributed by atoms with van der Waals surface area (Å²) in [7, 11) is 4.26. The molecule has 0 saturated carbocycles. The number of fused-ring (bicyclic) bond motifs is 1. The molecule has 134 valence electrons. The lowest BCUT2D eigenvalue weighted by molar-refractivity contribution is 0.112. The molecule has 0 unspecified atom stereocenters. The number of hydrogen-bond acceptors (Lipinski definition) is 5. The largest absolute Gasteiger partial charge is 0.379 e. The van der Waals surface area contributed by atoms with E-state index in [4.69, 9.17) is 0 Å². The van der Waals surface area contributed by atoms with Crippen molar-refractivity contribution in [2.24, 2.45) is 21.1 Å². The van der Waals surface area contributed by atoms with Crippen LogP contribution in [-0.4, -0.2) is 20.0 Å². The summed E-state index contributed by atoms with van der Waals surface area (Å²) in [5, 5.41) is 3.15. The van der Waals surface area contributed by atoms with E-state index in [0.717, 1.165) is 14.7 Å². The van der Waals surface area contributed by atoms with E-state index in [9.17, 15) is 19.2 Å². The monoisotopic (exact) mass is 354 g/mol. The molecule has 2 aromatic heterocycles. The first kappa shape index (κ1) is 17.4. The molecule has 0 fully saturated rings. The number of benzene rings is 1. The Labute approximate surface area is 147 Å². The fourth-order valence-electron chi connectivity index (χ4n) is 3.04. The third-order valence-electron chi connectivity index (χ3n) is 4.44. The lowest BCUT2D eigenvalue weighted by Crippen LogP contribution is -2.40. The first-order valence-corrected chi connectivity index (χ1v) is 7.94. The Balaban J connectivity index is 2.38. The average molecular weight is 354 g/mol. The molecule has 3 aromatic rings. The van der Waals surface area contributed by atoms with Gasteiger partial charge in [-0.3, -0.25) is 28.1 Å². The minimum absolute atomic E-state index is 0.120. The van der Waals surface area contributed by atoms with Gasteiger partial charge in [0.05, 0.1) is 5.69 Å². The molecule has 3 rings (SSSR count). The van der Waals surface area contributed by atoms with Crippen LogP contribution in [0.5, 0.6) is 0 Å². The van der Waals surface area contributed by atoms with Gasteiger partial charge in [0.25, 0.3) is 11.1 Å². The van der Waals surface area contributed by atoms with E-state index < -0.39 is 16.8 Å². The highest BCUT2D eigenvalue weighted by Gasteiger charge is 2.21. The summed E-state index contributed by atoms with van der Waals surface area (Å²) in [5.41, 5.74) is -0.636. The summed E-state index contributed by atoms with van der Waals surface area (Å²) in [6, 6.07) is 9.36. The van der Waals surface area contributed by atoms with Gasteiger partial charge in [-0.05, 0) is 5.56 Å². The van der Waals surface area contributed by atoms with Gasteiger partial charge in [-0.15, -0.1) is 0 Å². The normalized spacial score (nSPS) is 10.9. The number of carbonyl (C=O) groups excluding carboxylic acids is 1. The van der Waals surface area contributed by atoms with Gasteiger partial charge in [0.15, 0.2) is 6.29 Å². The van der Waals surface area contributed by atoms with E-state index in [2.05, 4.69) is 5.32 Å². The molecule has 8 nitrogen and oxygen atoms in total. The molecular weight excluding hydrogens is 336 g/mol. The number of anilines is 1. The van der Waals surface area contributed by atoms with Gasteiger partial charge in [0.2, 0.25) is 0 Å². The molecule has 0 saturated heterocycles. The quantitative estimate of drug-likeness (QED) is 0.683. The number of nitrogens with zero attached hydrogens (tertiary/aromatic N) is 3. The smallest absolute Gasteiger partial charge is 0.332 e. The van der Waals surface area contributed by atoms with Crippen LogP contribution < -0.4 is 22.1 Å². The number of pyridine rings is 1. The van der Waals surface area contributed by atoms with E-state index in [0.29, 0.717) is 12.8 Å². The van der Waals surface area contributed by atoms with Crippen LogP contribution in [0.2, 0.25) is 0 Å². The predicted octanol–water partition coefficient (Wildman–Crippen LogP) is 0.361. The molecule has 1 aromatic carbocycles. The molecule has 26 heavy (non-hydrogen) atoms. The summed E-state index contributed by atoms with van der Waals surface area (Å²) < 4.78 is 3.32. The molecule has 1 N–H and O–H groups in total. The summed E-state index contributed by atoms with van der Waals surface area (Å²) in [4.78, 5) is 49.1. The van der Waals surface area contributed by atoms with E-state index in [1.54, 1.807) is 0 Å². The molecule has 0 aliphatic heterocycles. The first-order valence-electron chi connectivity index (χ1n) is 7.94. The number of rotatable bonds is 4. The van der Waals surface area contributed by atoms with Gasteiger partial charge in [-0.1, -0.05) is 30.3 Å². The molecule has 2 heterocycles. The Bertz CT molecular complexity index is 1190. The summed E-state index contributed by atoms with van der Waals surface area (Å²) in [6.45, 7) is 0.315. The Morgan fingerprint density at radius 3 is 2.19 bits per heavy atom. The van der Waals surface area contributed by atoms with E-state index in [1.165, 1.54) is 25.7 Å². The van der Waals surface area contributed by atoms with Gasteiger partial charge < -0.3 is 5.32 Å². The van der Waals surface area contributed by atoms with Gasteiger partial charge in [-0.25, -0.2) is 4.79 Å². The number of aldehydes is 1. The summed E-state index contributed by atoms with van der Waals surface area (Å²) >= 11 is 0. The van der Waals surface area contributed by atoms with Crippen LogP contribution in [0.1, 0.15) is 15.9 Å². The van der Waals surface area contributed by atoms with E-state index in [1.807, 2.05) is 30.3 Å². The molecular formula is C18H18N4O4. The molecule has 0 aliphatic carbocycles. The second kappa shape index (κ2) is 6.47. The number of aromatic nitrogens is 3. The van der Waals surface area contributed by atoms with Crippen molar-refractivity contribution in [1.82, 2.24) is 13.7 Å². The minimum Gasteiger partial charge on any atom is -0.379 e. The maximum absolute atomic E-state index is 12.7. The van der Waals surface area contributed by atoms with Crippen molar-refractivity contribution in [3.05, 3.63) is 72.7 Å². The number of nitrogens with one attached hydrogen (secondary N) is 1. The Hall–Kier alpha value is -3.42. The van der Waals surface area contributed by atoms with Crippen molar-refractivity contribution < 1.29 is 4.79 Å². The third kappa shape index (κ3) is 2.55. The lowest BCUT2D eigenvalue weighted by atomic mass is 10.1. The van der Waals surface area contributed by atoms with Crippen molar-refractivity contribution in [2.45, 2.75) is 6.54 Å². The van der Waals surface area contributed by atoms with Crippen molar-refractivity contribution >= 4 is 23.0 Å². The van der Waals surface area contributed by atoms with Crippen molar-refractivity contribution in [3.63, 3.8) is 0 Å². The molecule has 0 amide bonds. The topological polar surface area (TPSA) is 95.1 Å². The van der Waals surface area contributed by atoms with Crippen LogP contribution in [0.4, 0.5) is 5.69 Å². The zero-order valence-electron chi connectivity index (χ0n) is 14.6. The molecule has 0 spiro atoms. The number of hydrogen-bond donors (Lipinski definition) is 1. The fourth-order valence-corrected chi connectivity index (χ4v) is 3.04. The second-order valence-corrected chi connectivity index (χ2v) is 6.01. The Kier molecular flexibility index (Phi) is 4.33. The van der Waals surface area contributed by atoms with E-state index in [-0.39, 0.29) is 22.3 Å². The summed E-state index contributed by atoms with van der Waals surface area (Å²) in [6.07, 6.45) is 0.430. The van der Waals surface area contributed by atoms with Crippen LogP contribution in [0.15, 0.2) is 44.7 Å². The van der Waals surface area contributed by atoms with Crippen LogP contribution in [0, 0.1) is 0 Å². The maximum Gasteiger partial charge on any atom is 0.332 e. The Morgan fingerprint density at radius 1 is 0.923 bits per heavy atom. The van der Waals surface area contributed by atoms with Crippen molar-refractivity contribution in [3.8, 4) is 0 Å². The molecule has 0 atom stereocenters. The lowest BCUT2D eigenvalue weighted by Gasteiger charge is -2.17. The SMILES string of the molecule is Cn1c(=O)c2c(NCc3ccccc3)c(C=O)c(=O)n(C)c2n(C)c1=O. The fraction of sp³-hybridized carbons (Fsp3) is 0.222. The third-order valence-corrected chi connectivity index (χ3v) is 4.44. The zero-order valence-corrected chi connectivity index (χ0v) is 14.6. The molecule has 0 bridgehead atoms. The van der Waals surface area contributed by atoms with Crippen LogP contribution >= 0.6 is 0 Å². The molecule has 0 radical (unpaired) electrons. The second-order valence-electron chi connectivity index (χ2n) is 6.01. The van der Waals surface area contributed by atoms with Gasteiger partial charge in [0, 0.05) is 27.7 Å². The highest BCUT2D eigenvalue weighted by molar-refractivity contribution is 5.98. The van der Waals surface area contributed by atoms with Crippen LogP contribution in [-0.2, 0) is 27.7 Å². The summed E-state index contributed by atoms with van der Waals surface area (Å²) in [5.74, 6) is 0.